The number of amides is 2. The van der Waals surface area contributed by atoms with Crippen molar-refractivity contribution in [2.24, 2.45) is 5.92 Å². The van der Waals surface area contributed by atoms with Gasteiger partial charge < -0.3 is 15.3 Å². The first-order valence-electron chi connectivity index (χ1n) is 5.37. The summed E-state index contributed by atoms with van der Waals surface area (Å²) in [5.41, 5.74) is 0. The van der Waals surface area contributed by atoms with Gasteiger partial charge in [-0.2, -0.15) is 0 Å². The summed E-state index contributed by atoms with van der Waals surface area (Å²) < 4.78 is 0. The van der Waals surface area contributed by atoms with Crippen molar-refractivity contribution in [3.8, 4) is 0 Å². The summed E-state index contributed by atoms with van der Waals surface area (Å²) in [5, 5.41) is 12.2. The highest BCUT2D eigenvalue weighted by atomic mass is 32.1. The number of hydrogen-bond donors (Lipinski definition) is 2. The SMILES string of the molecule is CC(=O)Nc1ccc(C(=O)N2CC(CO)C2)s1. The topological polar surface area (TPSA) is 69.6 Å². The van der Waals surface area contributed by atoms with Crippen molar-refractivity contribution in [3.63, 3.8) is 0 Å². The van der Waals surface area contributed by atoms with Gasteiger partial charge in [-0.25, -0.2) is 0 Å². The lowest BCUT2D eigenvalue weighted by Crippen LogP contribution is -2.51. The number of aliphatic hydroxyl groups is 1. The van der Waals surface area contributed by atoms with Gasteiger partial charge in [0.25, 0.3) is 5.91 Å². The molecule has 6 heteroatoms. The van der Waals surface area contributed by atoms with Gasteiger partial charge in [-0.05, 0) is 12.1 Å². The molecule has 1 saturated heterocycles. The monoisotopic (exact) mass is 254 g/mol. The molecular formula is C11H14N2O3S. The van der Waals surface area contributed by atoms with E-state index in [1.165, 1.54) is 18.3 Å². The fraction of sp³-hybridized carbons (Fsp3) is 0.455. The molecule has 2 heterocycles. The Hall–Kier alpha value is -1.40. The van der Waals surface area contributed by atoms with Gasteiger partial charge in [0.05, 0.1) is 9.88 Å². The number of rotatable bonds is 3. The number of hydrogen-bond acceptors (Lipinski definition) is 4. The zero-order chi connectivity index (χ0) is 12.4. The van der Waals surface area contributed by atoms with Crippen LogP contribution in [0.15, 0.2) is 12.1 Å². The zero-order valence-corrected chi connectivity index (χ0v) is 10.3. The third-order valence-corrected chi connectivity index (χ3v) is 3.61. The fourth-order valence-corrected chi connectivity index (χ4v) is 2.62. The predicted octanol–water partition coefficient (Wildman–Crippen LogP) is 0.771. The van der Waals surface area contributed by atoms with Crippen LogP contribution in [0.5, 0.6) is 0 Å². The molecule has 2 N–H and O–H groups in total. The Bertz CT molecular complexity index is 438. The van der Waals surface area contributed by atoms with E-state index in [-0.39, 0.29) is 24.3 Å². The van der Waals surface area contributed by atoms with Crippen molar-refractivity contribution >= 4 is 28.2 Å². The van der Waals surface area contributed by atoms with Gasteiger partial charge in [0, 0.05) is 32.5 Å². The molecule has 0 spiro atoms. The number of carbonyl (C=O) groups excluding carboxylic acids is 2. The molecule has 1 fully saturated rings. The Morgan fingerprint density at radius 1 is 1.53 bits per heavy atom. The number of thiophene rings is 1. The average molecular weight is 254 g/mol. The van der Waals surface area contributed by atoms with Crippen molar-refractivity contribution in [1.29, 1.82) is 0 Å². The maximum Gasteiger partial charge on any atom is 0.264 e. The number of nitrogens with one attached hydrogen (secondary N) is 1. The predicted molar refractivity (Wildman–Crippen MR) is 65.1 cm³/mol. The fourth-order valence-electron chi connectivity index (χ4n) is 1.70. The van der Waals surface area contributed by atoms with Gasteiger partial charge in [-0.15, -0.1) is 11.3 Å². The second kappa shape index (κ2) is 4.85. The Kier molecular flexibility index (Phi) is 3.44. The average Bonchev–Trinajstić information content (AvgIpc) is 2.63. The van der Waals surface area contributed by atoms with Crippen LogP contribution in [-0.2, 0) is 4.79 Å². The summed E-state index contributed by atoms with van der Waals surface area (Å²) in [4.78, 5) is 25.1. The molecule has 1 aliphatic rings. The molecule has 5 nitrogen and oxygen atoms in total. The van der Waals surface area contributed by atoms with Crippen LogP contribution in [0.25, 0.3) is 0 Å². The molecule has 0 aromatic carbocycles. The molecule has 0 atom stereocenters. The maximum atomic E-state index is 11.9. The highest BCUT2D eigenvalue weighted by Gasteiger charge is 2.31. The van der Waals surface area contributed by atoms with Crippen LogP contribution < -0.4 is 5.32 Å². The number of aliphatic hydroxyl groups excluding tert-OH is 1. The summed E-state index contributed by atoms with van der Waals surface area (Å²) in [6, 6.07) is 3.44. The Morgan fingerprint density at radius 2 is 2.24 bits per heavy atom. The van der Waals surface area contributed by atoms with Crippen molar-refractivity contribution in [2.45, 2.75) is 6.92 Å². The van der Waals surface area contributed by atoms with E-state index >= 15 is 0 Å². The standard InChI is InChI=1S/C11H14N2O3S/c1-7(15)12-10-3-2-9(17-10)11(16)13-4-8(5-13)6-14/h2-3,8,14H,4-6H2,1H3,(H,12,15). The van der Waals surface area contributed by atoms with Crippen molar-refractivity contribution in [1.82, 2.24) is 4.90 Å². The lowest BCUT2D eigenvalue weighted by Gasteiger charge is -2.37. The second-order valence-electron chi connectivity index (χ2n) is 4.10. The van der Waals surface area contributed by atoms with Gasteiger partial charge >= 0.3 is 0 Å². The molecule has 17 heavy (non-hydrogen) atoms. The molecule has 2 rings (SSSR count). The van der Waals surface area contributed by atoms with Gasteiger partial charge in [-0.3, -0.25) is 9.59 Å². The van der Waals surface area contributed by atoms with E-state index in [1.54, 1.807) is 17.0 Å². The van der Waals surface area contributed by atoms with E-state index < -0.39 is 0 Å². The summed E-state index contributed by atoms with van der Waals surface area (Å²) in [7, 11) is 0. The van der Waals surface area contributed by atoms with E-state index in [2.05, 4.69) is 5.32 Å². The van der Waals surface area contributed by atoms with Crippen molar-refractivity contribution in [2.75, 3.05) is 25.0 Å². The van der Waals surface area contributed by atoms with Gasteiger partial charge in [0.1, 0.15) is 0 Å². The molecule has 2 amide bonds. The summed E-state index contributed by atoms with van der Waals surface area (Å²) >= 11 is 1.27. The summed E-state index contributed by atoms with van der Waals surface area (Å²) in [5.74, 6) is 0.0418. The van der Waals surface area contributed by atoms with Crippen LogP contribution in [-0.4, -0.2) is 41.5 Å². The van der Waals surface area contributed by atoms with E-state index in [9.17, 15) is 9.59 Å². The van der Waals surface area contributed by atoms with Crippen molar-refractivity contribution < 1.29 is 14.7 Å². The van der Waals surface area contributed by atoms with Crippen LogP contribution in [0, 0.1) is 5.92 Å². The van der Waals surface area contributed by atoms with E-state index in [0.717, 1.165) is 0 Å². The van der Waals surface area contributed by atoms with Crippen LogP contribution >= 0.6 is 11.3 Å². The lowest BCUT2D eigenvalue weighted by atomic mass is 10.0. The highest BCUT2D eigenvalue weighted by Crippen LogP contribution is 2.26. The molecule has 0 radical (unpaired) electrons. The van der Waals surface area contributed by atoms with Crippen LogP contribution in [0.4, 0.5) is 5.00 Å². The molecule has 1 aliphatic heterocycles. The minimum absolute atomic E-state index is 0.0312. The van der Waals surface area contributed by atoms with E-state index in [0.29, 0.717) is 23.0 Å². The van der Waals surface area contributed by atoms with E-state index in [1.807, 2.05) is 0 Å². The molecule has 1 aromatic heterocycles. The number of nitrogens with zero attached hydrogens (tertiary/aromatic N) is 1. The van der Waals surface area contributed by atoms with Gasteiger partial charge in [0.15, 0.2) is 0 Å². The highest BCUT2D eigenvalue weighted by molar-refractivity contribution is 7.18. The molecule has 0 aliphatic carbocycles. The molecule has 1 aromatic rings. The minimum atomic E-state index is -0.143. The van der Waals surface area contributed by atoms with Crippen LogP contribution in [0.3, 0.4) is 0 Å². The first kappa shape index (κ1) is 12.1. The normalized spacial score (nSPS) is 15.5. The molecular weight excluding hydrogens is 240 g/mol. The first-order chi connectivity index (χ1) is 8.10. The largest absolute Gasteiger partial charge is 0.396 e. The number of anilines is 1. The third kappa shape index (κ3) is 2.65. The quantitative estimate of drug-likeness (QED) is 0.837. The molecule has 92 valence electrons. The maximum absolute atomic E-state index is 11.9. The molecule has 0 bridgehead atoms. The number of likely N-dealkylation sites (tertiary alicyclic amines) is 1. The van der Waals surface area contributed by atoms with Crippen molar-refractivity contribution in [3.05, 3.63) is 17.0 Å². The first-order valence-corrected chi connectivity index (χ1v) is 6.19. The van der Waals surface area contributed by atoms with Crippen LogP contribution in [0.2, 0.25) is 0 Å². The molecule has 0 unspecified atom stereocenters. The lowest BCUT2D eigenvalue weighted by molar-refractivity contribution is -0.114. The summed E-state index contributed by atoms with van der Waals surface area (Å²) in [6.07, 6.45) is 0. The second-order valence-corrected chi connectivity index (χ2v) is 5.19. The third-order valence-electron chi connectivity index (χ3n) is 2.62. The summed E-state index contributed by atoms with van der Waals surface area (Å²) in [6.45, 7) is 2.79. The Balaban J connectivity index is 1.96. The van der Waals surface area contributed by atoms with Gasteiger partial charge in [0.2, 0.25) is 5.91 Å². The smallest absolute Gasteiger partial charge is 0.264 e. The Morgan fingerprint density at radius 3 is 2.82 bits per heavy atom. The Labute approximate surface area is 103 Å². The van der Waals surface area contributed by atoms with Crippen LogP contribution in [0.1, 0.15) is 16.6 Å². The zero-order valence-electron chi connectivity index (χ0n) is 9.47. The minimum Gasteiger partial charge on any atom is -0.396 e. The van der Waals surface area contributed by atoms with Gasteiger partial charge in [-0.1, -0.05) is 0 Å². The molecule has 0 saturated carbocycles. The number of carbonyl (C=O) groups is 2. The van der Waals surface area contributed by atoms with E-state index in [4.69, 9.17) is 5.11 Å².